The van der Waals surface area contributed by atoms with Gasteiger partial charge in [-0.25, -0.2) is 23.7 Å². The van der Waals surface area contributed by atoms with Crippen molar-refractivity contribution in [3.8, 4) is 28.7 Å². The van der Waals surface area contributed by atoms with E-state index in [-0.39, 0.29) is 24.0 Å². The molecule has 198 valence electrons. The molecule has 1 aliphatic heterocycles. The van der Waals surface area contributed by atoms with E-state index in [4.69, 9.17) is 9.26 Å². The average molecular weight is 527 g/mol. The lowest BCUT2D eigenvalue weighted by Gasteiger charge is -2.16. The van der Waals surface area contributed by atoms with Crippen LogP contribution in [0.5, 0.6) is 5.88 Å². The third kappa shape index (κ3) is 5.02. The maximum atomic E-state index is 13.2. The number of likely N-dealkylation sites (N-methyl/N-ethyl adjacent to an activating group) is 1. The number of amides is 1. The van der Waals surface area contributed by atoms with Crippen LogP contribution in [-0.2, 0) is 17.4 Å². The van der Waals surface area contributed by atoms with E-state index in [0.717, 1.165) is 6.92 Å². The highest BCUT2D eigenvalue weighted by Crippen LogP contribution is 2.35. The molecule has 0 spiro atoms. The minimum absolute atomic E-state index is 0.0152. The highest BCUT2D eigenvalue weighted by molar-refractivity contribution is 5.87. The summed E-state index contributed by atoms with van der Waals surface area (Å²) in [5, 5.41) is 21.8. The molecule has 14 heteroatoms. The number of rotatable bonds is 8. The standard InChI is InChI=1S/C24H24F2N8O4/c1-23(25,26)13-37-20-18(12-34(3)31-20)30-22-27-9-7-16(29-22)14-5-4-6-15(28-14)17-11-19(38-32-17)24(36)8-10-33(2)21(24)35/h4-7,9,11-12,36H,8,10,13H2,1-3H3,(H,27,29,30)/t24-/m1/s1. The van der Waals surface area contributed by atoms with E-state index in [1.807, 2.05) is 0 Å². The van der Waals surface area contributed by atoms with Crippen molar-refractivity contribution in [3.63, 3.8) is 0 Å². The molecule has 1 amide bonds. The van der Waals surface area contributed by atoms with Crippen molar-refractivity contribution in [2.75, 3.05) is 25.5 Å². The molecule has 0 saturated carbocycles. The molecule has 5 heterocycles. The van der Waals surface area contributed by atoms with Gasteiger partial charge in [-0.3, -0.25) is 9.48 Å². The molecule has 1 aliphatic rings. The van der Waals surface area contributed by atoms with Crippen molar-refractivity contribution < 1.29 is 27.9 Å². The average Bonchev–Trinajstić information content (AvgIpc) is 3.58. The van der Waals surface area contributed by atoms with E-state index in [0.29, 0.717) is 35.0 Å². The topological polar surface area (TPSA) is 144 Å². The molecular formula is C24H24F2N8O4. The van der Waals surface area contributed by atoms with Crippen molar-refractivity contribution >= 4 is 17.5 Å². The predicted molar refractivity (Wildman–Crippen MR) is 130 cm³/mol. The Bertz CT molecular complexity index is 1480. The maximum Gasteiger partial charge on any atom is 0.278 e. The highest BCUT2D eigenvalue weighted by Gasteiger charge is 2.48. The molecule has 38 heavy (non-hydrogen) atoms. The van der Waals surface area contributed by atoms with Crippen LogP contribution in [0, 0.1) is 0 Å². The number of aliphatic hydroxyl groups is 1. The Kier molecular flexibility index (Phi) is 6.26. The summed E-state index contributed by atoms with van der Waals surface area (Å²) in [6.45, 7) is 0.328. The summed E-state index contributed by atoms with van der Waals surface area (Å²) in [5.74, 6) is -3.26. The summed E-state index contributed by atoms with van der Waals surface area (Å²) in [7, 11) is 3.24. The van der Waals surface area contributed by atoms with Gasteiger partial charge in [0.25, 0.3) is 17.7 Å². The van der Waals surface area contributed by atoms with Gasteiger partial charge in [0.2, 0.25) is 11.5 Å². The minimum Gasteiger partial charge on any atom is -0.469 e. The van der Waals surface area contributed by atoms with Crippen LogP contribution in [0.2, 0.25) is 0 Å². The van der Waals surface area contributed by atoms with Crippen molar-refractivity contribution in [1.82, 2.24) is 34.8 Å². The second-order valence-corrected chi connectivity index (χ2v) is 9.09. The van der Waals surface area contributed by atoms with E-state index < -0.39 is 24.0 Å². The number of hydrogen-bond acceptors (Lipinski definition) is 10. The van der Waals surface area contributed by atoms with Crippen LogP contribution in [0.3, 0.4) is 0 Å². The van der Waals surface area contributed by atoms with Crippen LogP contribution in [0.15, 0.2) is 47.2 Å². The monoisotopic (exact) mass is 526 g/mol. The molecule has 0 radical (unpaired) electrons. The van der Waals surface area contributed by atoms with Crippen molar-refractivity contribution in [3.05, 3.63) is 48.5 Å². The van der Waals surface area contributed by atoms with E-state index >= 15 is 0 Å². The summed E-state index contributed by atoms with van der Waals surface area (Å²) < 4.78 is 38.4. The van der Waals surface area contributed by atoms with E-state index in [1.165, 1.54) is 21.8 Å². The van der Waals surface area contributed by atoms with Gasteiger partial charge >= 0.3 is 0 Å². The number of nitrogens with zero attached hydrogens (tertiary/aromatic N) is 7. The number of alkyl halides is 2. The molecule has 0 aromatic carbocycles. The fourth-order valence-electron chi connectivity index (χ4n) is 3.93. The quantitative estimate of drug-likeness (QED) is 0.352. The van der Waals surface area contributed by atoms with E-state index in [1.54, 1.807) is 44.6 Å². The van der Waals surface area contributed by atoms with E-state index in [2.05, 4.69) is 30.5 Å². The van der Waals surface area contributed by atoms with Crippen LogP contribution in [0.4, 0.5) is 20.4 Å². The number of carbonyl (C=O) groups excluding carboxylic acids is 1. The summed E-state index contributed by atoms with van der Waals surface area (Å²) in [4.78, 5) is 27.1. The lowest BCUT2D eigenvalue weighted by Crippen LogP contribution is -2.35. The smallest absolute Gasteiger partial charge is 0.278 e. The molecule has 1 saturated heterocycles. The van der Waals surface area contributed by atoms with Crippen molar-refractivity contribution in [2.24, 2.45) is 7.05 Å². The Morgan fingerprint density at radius 3 is 2.63 bits per heavy atom. The lowest BCUT2D eigenvalue weighted by atomic mass is 9.98. The number of aromatic nitrogens is 6. The number of aryl methyl sites for hydroxylation is 1. The Morgan fingerprint density at radius 2 is 1.92 bits per heavy atom. The van der Waals surface area contributed by atoms with Gasteiger partial charge in [-0.05, 0) is 18.2 Å². The Morgan fingerprint density at radius 1 is 1.18 bits per heavy atom. The largest absolute Gasteiger partial charge is 0.469 e. The molecule has 2 N–H and O–H groups in total. The molecule has 4 aromatic heterocycles. The van der Waals surface area contributed by atoms with Gasteiger partial charge in [0.15, 0.2) is 12.4 Å². The first kappa shape index (κ1) is 25.2. The fourth-order valence-corrected chi connectivity index (χ4v) is 3.93. The second-order valence-electron chi connectivity index (χ2n) is 9.09. The molecule has 12 nitrogen and oxygen atoms in total. The van der Waals surface area contributed by atoms with Crippen LogP contribution in [0.25, 0.3) is 22.8 Å². The van der Waals surface area contributed by atoms with E-state index in [9.17, 15) is 18.7 Å². The minimum atomic E-state index is -3.02. The molecule has 1 atom stereocenters. The first-order valence-electron chi connectivity index (χ1n) is 11.6. The third-order valence-electron chi connectivity index (χ3n) is 5.86. The van der Waals surface area contributed by atoms with Crippen LogP contribution >= 0.6 is 0 Å². The Hall–Kier alpha value is -4.46. The van der Waals surface area contributed by atoms with Crippen molar-refractivity contribution in [2.45, 2.75) is 24.9 Å². The molecule has 5 rings (SSSR count). The lowest BCUT2D eigenvalue weighted by molar-refractivity contribution is -0.144. The van der Waals surface area contributed by atoms with Crippen LogP contribution < -0.4 is 10.1 Å². The molecule has 0 bridgehead atoms. The first-order chi connectivity index (χ1) is 18.0. The molecule has 4 aromatic rings. The number of nitrogens with one attached hydrogen (secondary N) is 1. The Balaban J connectivity index is 1.37. The first-order valence-corrected chi connectivity index (χ1v) is 11.6. The zero-order chi connectivity index (χ0) is 27.1. The van der Waals surface area contributed by atoms with Crippen LogP contribution in [-0.4, -0.2) is 71.9 Å². The fraction of sp³-hybridized carbons (Fsp3) is 0.333. The summed E-state index contributed by atoms with van der Waals surface area (Å²) in [6.07, 6.45) is 3.27. The molecular weight excluding hydrogens is 502 g/mol. The number of likely N-dealkylation sites (tertiary alicyclic amines) is 1. The molecule has 0 unspecified atom stereocenters. The van der Waals surface area contributed by atoms with Gasteiger partial charge in [-0.15, -0.1) is 5.10 Å². The number of carbonyl (C=O) groups is 1. The molecule has 0 aliphatic carbocycles. The molecule has 1 fully saturated rings. The predicted octanol–water partition coefficient (Wildman–Crippen LogP) is 2.75. The SMILES string of the molecule is CN1CC[C@@](O)(c2cc(-c3cccc(-c4ccnc(Nc5cn(C)nc5OCC(C)(F)F)n4)n3)no2)C1=O. The van der Waals surface area contributed by atoms with Gasteiger partial charge < -0.3 is 24.6 Å². The normalized spacial score (nSPS) is 17.7. The number of halogens is 2. The number of hydrogen-bond donors (Lipinski definition) is 2. The Labute approximate surface area is 215 Å². The van der Waals surface area contributed by atoms with Gasteiger partial charge in [-0.1, -0.05) is 11.2 Å². The maximum absolute atomic E-state index is 13.2. The number of pyridine rings is 1. The highest BCUT2D eigenvalue weighted by atomic mass is 19.3. The van der Waals surface area contributed by atoms with Crippen molar-refractivity contribution in [1.29, 1.82) is 0 Å². The zero-order valence-corrected chi connectivity index (χ0v) is 20.7. The third-order valence-corrected chi connectivity index (χ3v) is 5.86. The van der Waals surface area contributed by atoms with Gasteiger partial charge in [0, 0.05) is 46.2 Å². The zero-order valence-electron chi connectivity index (χ0n) is 20.7. The second kappa shape index (κ2) is 9.45. The van der Waals surface area contributed by atoms with Gasteiger partial charge in [0.05, 0.1) is 23.3 Å². The summed E-state index contributed by atoms with van der Waals surface area (Å²) in [5.41, 5.74) is 0.293. The summed E-state index contributed by atoms with van der Waals surface area (Å²) >= 11 is 0. The van der Waals surface area contributed by atoms with Gasteiger partial charge in [-0.2, -0.15) is 0 Å². The summed E-state index contributed by atoms with van der Waals surface area (Å²) in [6, 6.07) is 8.35. The number of anilines is 2. The van der Waals surface area contributed by atoms with Gasteiger partial charge in [0.1, 0.15) is 11.4 Å². The number of ether oxygens (including phenoxy) is 1. The van der Waals surface area contributed by atoms with Crippen LogP contribution in [0.1, 0.15) is 19.1 Å².